The van der Waals surface area contributed by atoms with Crippen LogP contribution in [-0.4, -0.2) is 89.0 Å². The van der Waals surface area contributed by atoms with E-state index < -0.39 is 49.4 Å². The molecule has 0 spiro atoms. The summed E-state index contributed by atoms with van der Waals surface area (Å²) in [6.07, 6.45) is 29.9. The van der Waals surface area contributed by atoms with Gasteiger partial charge in [-0.15, -0.1) is 0 Å². The van der Waals surface area contributed by atoms with Crippen molar-refractivity contribution in [1.82, 2.24) is 0 Å². The van der Waals surface area contributed by atoms with E-state index in [2.05, 4.69) is 62.5 Å². The Labute approximate surface area is 314 Å². The second kappa shape index (κ2) is 33.2. The first-order valence-electron chi connectivity index (χ1n) is 20.2. The first-order chi connectivity index (χ1) is 25.3. The molecule has 10 heteroatoms. The number of hydrogen-bond acceptors (Lipinski definition) is 10. The van der Waals surface area contributed by atoms with Crippen molar-refractivity contribution < 1.29 is 49.0 Å². The maximum atomic E-state index is 12.7. The Bertz CT molecular complexity index is 991. The molecule has 6 atom stereocenters. The summed E-state index contributed by atoms with van der Waals surface area (Å²) in [7, 11) is 0. The fourth-order valence-electron chi connectivity index (χ4n) is 5.77. The van der Waals surface area contributed by atoms with Crippen LogP contribution in [0.15, 0.2) is 48.6 Å². The number of aliphatic hydroxyl groups is 4. The van der Waals surface area contributed by atoms with Crippen LogP contribution in [0.4, 0.5) is 0 Å². The Kier molecular flexibility index (Phi) is 30.5. The number of unbranched alkanes of at least 4 members (excludes halogenated alkanes) is 13. The van der Waals surface area contributed by atoms with E-state index in [-0.39, 0.29) is 32.0 Å². The van der Waals surface area contributed by atoms with E-state index in [0.717, 1.165) is 89.9 Å². The van der Waals surface area contributed by atoms with Crippen LogP contribution in [0.2, 0.25) is 0 Å². The summed E-state index contributed by atoms with van der Waals surface area (Å²) >= 11 is 0. The van der Waals surface area contributed by atoms with Crippen LogP contribution in [0.25, 0.3) is 0 Å². The summed E-state index contributed by atoms with van der Waals surface area (Å²) in [6.45, 7) is 3.24. The van der Waals surface area contributed by atoms with Crippen molar-refractivity contribution in [3.05, 3.63) is 48.6 Å². The minimum atomic E-state index is -1.60. The Morgan fingerprint density at radius 2 is 1.13 bits per heavy atom. The lowest BCUT2D eigenvalue weighted by Crippen LogP contribution is -2.59. The highest BCUT2D eigenvalue weighted by Crippen LogP contribution is 2.22. The van der Waals surface area contributed by atoms with Crippen LogP contribution in [0.1, 0.15) is 149 Å². The third-order valence-electron chi connectivity index (χ3n) is 8.98. The van der Waals surface area contributed by atoms with Crippen molar-refractivity contribution in [1.29, 1.82) is 0 Å². The smallest absolute Gasteiger partial charge is 0.306 e. The third kappa shape index (κ3) is 24.8. The average Bonchev–Trinajstić information content (AvgIpc) is 3.14. The highest BCUT2D eigenvalue weighted by Gasteiger charge is 2.44. The number of carbonyl (C=O) groups is 2. The molecule has 1 rings (SSSR count). The molecule has 0 saturated carbocycles. The molecule has 1 aliphatic heterocycles. The quantitative estimate of drug-likeness (QED) is 0.0307. The van der Waals surface area contributed by atoms with Crippen molar-refractivity contribution >= 4 is 11.9 Å². The van der Waals surface area contributed by atoms with Crippen LogP contribution >= 0.6 is 0 Å². The van der Waals surface area contributed by atoms with E-state index in [9.17, 15) is 30.0 Å². The summed E-state index contributed by atoms with van der Waals surface area (Å²) in [5.41, 5.74) is 0. The van der Waals surface area contributed by atoms with Gasteiger partial charge in [0.2, 0.25) is 0 Å². The highest BCUT2D eigenvalue weighted by atomic mass is 16.7. The Morgan fingerprint density at radius 3 is 1.71 bits per heavy atom. The van der Waals surface area contributed by atoms with Gasteiger partial charge in [-0.3, -0.25) is 9.59 Å². The number of rotatable bonds is 32. The topological polar surface area (TPSA) is 152 Å². The van der Waals surface area contributed by atoms with Gasteiger partial charge in [0, 0.05) is 12.8 Å². The number of hydrogen-bond donors (Lipinski definition) is 4. The van der Waals surface area contributed by atoms with Crippen LogP contribution in [0.3, 0.4) is 0 Å². The molecule has 0 bridgehead atoms. The predicted octanol–water partition coefficient (Wildman–Crippen LogP) is 7.71. The molecule has 52 heavy (non-hydrogen) atoms. The van der Waals surface area contributed by atoms with Gasteiger partial charge in [0.05, 0.1) is 13.2 Å². The summed E-state index contributed by atoms with van der Waals surface area (Å²) in [4.78, 5) is 25.1. The Hall–Kier alpha value is -2.34. The largest absolute Gasteiger partial charge is 0.462 e. The minimum absolute atomic E-state index is 0.213. The van der Waals surface area contributed by atoms with E-state index in [4.69, 9.17) is 18.9 Å². The maximum absolute atomic E-state index is 12.7. The monoisotopic (exact) mass is 737 g/mol. The van der Waals surface area contributed by atoms with E-state index in [1.54, 1.807) is 0 Å². The predicted molar refractivity (Wildman–Crippen MR) is 205 cm³/mol. The second-order valence-electron chi connectivity index (χ2n) is 13.7. The highest BCUT2D eigenvalue weighted by molar-refractivity contribution is 5.70. The van der Waals surface area contributed by atoms with Crippen LogP contribution in [0.5, 0.6) is 0 Å². The maximum Gasteiger partial charge on any atom is 0.306 e. The minimum Gasteiger partial charge on any atom is -0.462 e. The zero-order valence-electron chi connectivity index (χ0n) is 32.3. The molecule has 0 amide bonds. The van der Waals surface area contributed by atoms with Gasteiger partial charge < -0.3 is 39.4 Å². The number of esters is 2. The molecule has 0 aromatic rings. The van der Waals surface area contributed by atoms with Gasteiger partial charge in [-0.25, -0.2) is 0 Å². The molecular weight excluding hydrogens is 664 g/mol. The van der Waals surface area contributed by atoms with Crippen molar-refractivity contribution in [2.75, 3.05) is 19.8 Å². The Morgan fingerprint density at radius 1 is 0.615 bits per heavy atom. The molecule has 0 radical (unpaired) electrons. The Balaban J connectivity index is 2.35. The van der Waals surface area contributed by atoms with Crippen LogP contribution < -0.4 is 0 Å². The molecule has 4 N–H and O–H groups in total. The van der Waals surface area contributed by atoms with Crippen molar-refractivity contribution in [3.63, 3.8) is 0 Å². The third-order valence-corrected chi connectivity index (χ3v) is 8.98. The van der Waals surface area contributed by atoms with E-state index >= 15 is 0 Å². The molecule has 1 aliphatic rings. The molecule has 300 valence electrons. The fourth-order valence-corrected chi connectivity index (χ4v) is 5.77. The molecule has 0 aromatic heterocycles. The van der Waals surface area contributed by atoms with Gasteiger partial charge in [0.1, 0.15) is 31.0 Å². The molecule has 1 saturated heterocycles. The zero-order chi connectivity index (χ0) is 38.1. The normalized spacial score (nSPS) is 21.5. The number of aliphatic hydroxyl groups excluding tert-OH is 4. The van der Waals surface area contributed by atoms with Crippen molar-refractivity contribution in [2.45, 2.75) is 185 Å². The number of ether oxygens (including phenoxy) is 4. The molecular formula is C42H72O10. The molecule has 1 heterocycles. The summed E-state index contributed by atoms with van der Waals surface area (Å²) in [5.74, 6) is -0.831. The average molecular weight is 737 g/mol. The standard InChI is InChI=1S/C42H72O10/c1-3-5-7-9-11-13-14-15-16-17-18-19-20-21-22-23-25-27-29-31-38(45)51-35(33-49-37(44)30-28-26-24-12-10-8-6-4-2)34-50-42-41(48)40(47)39(46)36(32-43)52-42/h5,7,11,13,15-16,18-19,35-36,39-43,46-48H,3-4,6,8-10,12,14,17,20-34H2,1-2H3/b7-5-,13-11-,16-15-,19-18-. The molecule has 0 aliphatic carbocycles. The molecule has 1 fully saturated rings. The lowest BCUT2D eigenvalue weighted by molar-refractivity contribution is -0.305. The van der Waals surface area contributed by atoms with Gasteiger partial charge in [-0.05, 0) is 51.4 Å². The second-order valence-corrected chi connectivity index (χ2v) is 13.7. The van der Waals surface area contributed by atoms with E-state index in [1.807, 2.05) is 0 Å². The summed E-state index contributed by atoms with van der Waals surface area (Å²) < 4.78 is 22.0. The van der Waals surface area contributed by atoms with Gasteiger partial charge in [0.15, 0.2) is 12.4 Å². The van der Waals surface area contributed by atoms with Gasteiger partial charge in [-0.2, -0.15) is 0 Å². The molecule has 6 unspecified atom stereocenters. The van der Waals surface area contributed by atoms with Gasteiger partial charge in [-0.1, -0.05) is 133 Å². The van der Waals surface area contributed by atoms with Crippen molar-refractivity contribution in [2.24, 2.45) is 0 Å². The summed E-state index contributed by atoms with van der Waals surface area (Å²) in [5, 5.41) is 39.9. The van der Waals surface area contributed by atoms with E-state index in [0.29, 0.717) is 6.42 Å². The lowest BCUT2D eigenvalue weighted by atomic mass is 9.99. The first kappa shape index (κ1) is 47.7. The fraction of sp³-hybridized carbons (Fsp3) is 0.762. The van der Waals surface area contributed by atoms with Gasteiger partial charge in [0.25, 0.3) is 0 Å². The lowest BCUT2D eigenvalue weighted by Gasteiger charge is -2.39. The molecule has 10 nitrogen and oxygen atoms in total. The van der Waals surface area contributed by atoms with Crippen LogP contribution in [-0.2, 0) is 28.5 Å². The van der Waals surface area contributed by atoms with E-state index in [1.165, 1.54) is 25.7 Å². The van der Waals surface area contributed by atoms with Crippen LogP contribution in [0, 0.1) is 0 Å². The SMILES string of the molecule is CC/C=C\C/C=C\C/C=C\C/C=C\CCCCCCCCC(=O)OC(COC(=O)CCCCCCCCCC)COC1OC(CO)C(O)C(O)C1O. The first-order valence-corrected chi connectivity index (χ1v) is 20.2. The number of allylic oxidation sites excluding steroid dienone is 8. The molecule has 0 aromatic carbocycles. The van der Waals surface area contributed by atoms with Gasteiger partial charge >= 0.3 is 11.9 Å². The zero-order valence-corrected chi connectivity index (χ0v) is 32.3. The number of carbonyl (C=O) groups excluding carboxylic acids is 2. The van der Waals surface area contributed by atoms with Crippen molar-refractivity contribution in [3.8, 4) is 0 Å². The summed E-state index contributed by atoms with van der Waals surface area (Å²) in [6, 6.07) is 0.